The topological polar surface area (TPSA) is 151 Å². The molecule has 11 nitrogen and oxygen atoms in total. The summed E-state index contributed by atoms with van der Waals surface area (Å²) in [5, 5.41) is 13.1. The summed E-state index contributed by atoms with van der Waals surface area (Å²) < 4.78 is 11.2. The molecule has 6 rings (SSSR count). The van der Waals surface area contributed by atoms with E-state index in [1.165, 1.54) is 11.3 Å². The molecule has 1 atom stereocenters. The Balaban J connectivity index is 1.31. The van der Waals surface area contributed by atoms with Crippen molar-refractivity contribution in [1.29, 1.82) is 5.41 Å². The maximum atomic E-state index is 13.1. The largest absolute Gasteiger partial charge is 0.405 e. The molecule has 0 radical (unpaired) electrons. The molecule has 41 heavy (non-hydrogen) atoms. The summed E-state index contributed by atoms with van der Waals surface area (Å²) in [6.07, 6.45) is 2.18. The Hall–Kier alpha value is -4.94. The van der Waals surface area contributed by atoms with E-state index in [4.69, 9.17) is 25.6 Å². The first-order valence-electron chi connectivity index (χ1n) is 12.9. The van der Waals surface area contributed by atoms with E-state index in [0.29, 0.717) is 48.4 Å². The van der Waals surface area contributed by atoms with E-state index >= 15 is 0 Å². The zero-order valence-corrected chi connectivity index (χ0v) is 22.7. The van der Waals surface area contributed by atoms with Crippen molar-refractivity contribution in [3.63, 3.8) is 0 Å². The number of fused-ring (bicyclic) bond motifs is 1. The molecule has 0 saturated carbocycles. The van der Waals surface area contributed by atoms with Gasteiger partial charge in [-0.1, -0.05) is 59.9 Å². The van der Waals surface area contributed by atoms with Gasteiger partial charge in [-0.2, -0.15) is 4.99 Å². The van der Waals surface area contributed by atoms with Crippen LogP contribution in [0.5, 0.6) is 0 Å². The molecule has 2 aromatic carbocycles. The van der Waals surface area contributed by atoms with Gasteiger partial charge in [0.15, 0.2) is 5.69 Å². The number of hydrogen-bond acceptors (Lipinski definition) is 10. The van der Waals surface area contributed by atoms with Crippen molar-refractivity contribution < 1.29 is 14.3 Å². The number of carbonyl (C=O) groups excluding carboxylic acids is 1. The van der Waals surface area contributed by atoms with Gasteiger partial charge in [-0.25, -0.2) is 9.98 Å². The van der Waals surface area contributed by atoms with Crippen LogP contribution in [0.1, 0.15) is 16.8 Å². The molecule has 12 heteroatoms. The third kappa shape index (κ3) is 5.69. The highest BCUT2D eigenvalue weighted by molar-refractivity contribution is 7.19. The Labute approximate surface area is 239 Å². The minimum Gasteiger partial charge on any atom is -0.405 e. The van der Waals surface area contributed by atoms with E-state index < -0.39 is 12.1 Å². The number of thiazole rings is 1. The van der Waals surface area contributed by atoms with Crippen molar-refractivity contribution in [2.45, 2.75) is 6.17 Å². The first-order valence-corrected chi connectivity index (χ1v) is 13.8. The maximum absolute atomic E-state index is 13.1. The number of morpholine rings is 1. The quantitative estimate of drug-likeness (QED) is 0.247. The van der Waals surface area contributed by atoms with E-state index in [-0.39, 0.29) is 11.9 Å². The molecule has 0 unspecified atom stereocenters. The number of nitrogens with two attached hydrogens (primary N) is 1. The molecular formula is C29H26N8O3S. The molecule has 0 spiro atoms. The summed E-state index contributed by atoms with van der Waals surface area (Å²) in [6.45, 7) is 2.44. The molecule has 1 saturated heterocycles. The van der Waals surface area contributed by atoms with Crippen LogP contribution in [0.2, 0.25) is 0 Å². The lowest BCUT2D eigenvalue weighted by atomic mass is 10.0. The van der Waals surface area contributed by atoms with Gasteiger partial charge in [0.2, 0.25) is 12.1 Å². The Kier molecular flexibility index (Phi) is 7.48. The van der Waals surface area contributed by atoms with Gasteiger partial charge in [0.25, 0.3) is 11.9 Å². The second-order valence-electron chi connectivity index (χ2n) is 9.16. The number of benzene rings is 2. The van der Waals surface area contributed by atoms with E-state index in [9.17, 15) is 4.79 Å². The van der Waals surface area contributed by atoms with Gasteiger partial charge in [-0.15, -0.1) is 0 Å². The lowest BCUT2D eigenvalue weighted by molar-refractivity contribution is -0.117. The van der Waals surface area contributed by atoms with Gasteiger partial charge in [-0.3, -0.25) is 15.2 Å². The highest BCUT2D eigenvalue weighted by Crippen LogP contribution is 2.35. The number of nitrogens with zero attached hydrogens (tertiary/aromatic N) is 5. The molecule has 4 heterocycles. The predicted molar refractivity (Wildman–Crippen MR) is 159 cm³/mol. The third-order valence-corrected chi connectivity index (χ3v) is 7.63. The minimum atomic E-state index is -1.23. The molecule has 2 aliphatic heterocycles. The number of nitrogens with one attached hydrogen (secondary N) is 2. The van der Waals surface area contributed by atoms with Crippen molar-refractivity contribution in [2.24, 2.45) is 15.7 Å². The number of amidine groups is 1. The number of rotatable bonds is 5. The van der Waals surface area contributed by atoms with Gasteiger partial charge in [0.1, 0.15) is 10.0 Å². The van der Waals surface area contributed by atoms with Crippen molar-refractivity contribution in [2.75, 3.05) is 36.5 Å². The SMILES string of the molecule is N=C(O/C(N)=N/[C@H]1N=C(c2ccccc2)c2ccccc2NC1=O)c1nc(-c2cccnc2)sc1N1CCOCC1. The number of para-hydroxylation sites is 1. The van der Waals surface area contributed by atoms with E-state index in [1.54, 1.807) is 12.4 Å². The van der Waals surface area contributed by atoms with Gasteiger partial charge >= 0.3 is 0 Å². The number of aliphatic imine (C=N–C) groups is 2. The highest BCUT2D eigenvalue weighted by Gasteiger charge is 2.28. The van der Waals surface area contributed by atoms with Gasteiger partial charge in [-0.05, 0) is 18.2 Å². The van der Waals surface area contributed by atoms with Crippen molar-refractivity contribution in [1.82, 2.24) is 9.97 Å². The normalized spacial score (nSPS) is 17.2. The first kappa shape index (κ1) is 26.3. The summed E-state index contributed by atoms with van der Waals surface area (Å²) >= 11 is 1.44. The van der Waals surface area contributed by atoms with Crippen LogP contribution in [-0.2, 0) is 14.3 Å². The Bertz CT molecular complexity index is 1630. The van der Waals surface area contributed by atoms with Crippen molar-refractivity contribution >= 4 is 45.6 Å². The van der Waals surface area contributed by atoms with Crippen LogP contribution < -0.4 is 16.0 Å². The number of anilines is 2. The number of benzodiazepines with no additional fused rings is 1. The van der Waals surface area contributed by atoms with Crippen LogP contribution in [-0.4, -0.2) is 66.0 Å². The lowest BCUT2D eigenvalue weighted by Crippen LogP contribution is -2.37. The van der Waals surface area contributed by atoms with Crippen LogP contribution >= 0.6 is 11.3 Å². The number of aromatic nitrogens is 2. The van der Waals surface area contributed by atoms with Crippen LogP contribution in [0.25, 0.3) is 10.6 Å². The fourth-order valence-corrected chi connectivity index (χ4v) is 5.62. The standard InChI is InChI=1S/C29H26N8O3S/c30-24(23-28(37-13-15-39-16-14-37)41-27(35-23)19-9-6-12-32-17-19)40-29(31)36-25-26(38)33-21-11-5-4-10-20(21)22(34-25)18-7-2-1-3-8-18/h1-12,17,25,30H,13-16H2,(H2,31,36)(H,33,38)/t25-/m1/s1. The lowest BCUT2D eigenvalue weighted by Gasteiger charge is -2.27. The molecule has 0 aliphatic carbocycles. The molecule has 1 fully saturated rings. The molecule has 2 aromatic heterocycles. The fraction of sp³-hybridized carbons (Fsp3) is 0.172. The second-order valence-corrected chi connectivity index (χ2v) is 10.1. The minimum absolute atomic E-state index is 0.288. The summed E-state index contributed by atoms with van der Waals surface area (Å²) in [6, 6.07) is 20.3. The average Bonchev–Trinajstić information content (AvgIpc) is 3.41. The van der Waals surface area contributed by atoms with Gasteiger partial charge < -0.3 is 25.4 Å². The van der Waals surface area contributed by atoms with E-state index in [2.05, 4.69) is 25.2 Å². The Morgan fingerprint density at radius 3 is 2.61 bits per heavy atom. The Morgan fingerprint density at radius 2 is 1.83 bits per heavy atom. The summed E-state index contributed by atoms with van der Waals surface area (Å²) in [4.78, 5) is 33.1. The molecule has 2 aliphatic rings. The number of pyridine rings is 1. The summed E-state index contributed by atoms with van der Waals surface area (Å²) in [5.74, 6) is -0.758. The van der Waals surface area contributed by atoms with Crippen LogP contribution in [0.3, 0.4) is 0 Å². The highest BCUT2D eigenvalue weighted by atomic mass is 32.1. The van der Waals surface area contributed by atoms with Gasteiger partial charge in [0.05, 0.1) is 24.6 Å². The predicted octanol–water partition coefficient (Wildman–Crippen LogP) is 3.51. The molecular weight excluding hydrogens is 540 g/mol. The van der Waals surface area contributed by atoms with E-state index in [0.717, 1.165) is 21.7 Å². The maximum Gasteiger partial charge on any atom is 0.291 e. The Morgan fingerprint density at radius 1 is 1.07 bits per heavy atom. The van der Waals surface area contributed by atoms with Crippen LogP contribution in [0, 0.1) is 5.41 Å². The smallest absolute Gasteiger partial charge is 0.291 e. The number of ether oxygens (including phenoxy) is 2. The molecule has 4 N–H and O–H groups in total. The molecule has 4 aromatic rings. The number of carbonyl (C=O) groups is 1. The third-order valence-electron chi connectivity index (χ3n) is 6.46. The van der Waals surface area contributed by atoms with Gasteiger partial charge in [0, 0.05) is 42.2 Å². The summed E-state index contributed by atoms with van der Waals surface area (Å²) in [5.41, 5.74) is 10.1. The first-order chi connectivity index (χ1) is 20.1. The van der Waals surface area contributed by atoms with Crippen molar-refractivity contribution in [3.8, 4) is 10.6 Å². The molecule has 1 amide bonds. The van der Waals surface area contributed by atoms with Crippen molar-refractivity contribution in [3.05, 3.63) is 95.9 Å². The summed E-state index contributed by atoms with van der Waals surface area (Å²) in [7, 11) is 0. The zero-order chi connectivity index (χ0) is 28.2. The van der Waals surface area contributed by atoms with Crippen LogP contribution in [0.4, 0.5) is 10.7 Å². The average molecular weight is 567 g/mol. The van der Waals surface area contributed by atoms with E-state index in [1.807, 2.05) is 66.7 Å². The monoisotopic (exact) mass is 566 g/mol. The molecule has 206 valence electrons. The number of hydrogen-bond donors (Lipinski definition) is 3. The van der Waals surface area contributed by atoms with Crippen LogP contribution in [0.15, 0.2) is 89.1 Å². The molecule has 0 bridgehead atoms. The zero-order valence-electron chi connectivity index (χ0n) is 21.9. The number of amides is 1. The second kappa shape index (κ2) is 11.7. The fourth-order valence-electron chi connectivity index (χ4n) is 4.51.